The third-order valence-corrected chi connectivity index (χ3v) is 3.58. The number of piperidine rings is 1. The summed E-state index contributed by atoms with van der Waals surface area (Å²) >= 11 is 0. The number of hydrogen-bond donors (Lipinski definition) is 2. The van der Waals surface area contributed by atoms with E-state index in [-0.39, 0.29) is 5.91 Å². The molecule has 0 bridgehead atoms. The smallest absolute Gasteiger partial charge is 0.234 e. The van der Waals surface area contributed by atoms with E-state index in [4.69, 9.17) is 0 Å². The van der Waals surface area contributed by atoms with Crippen molar-refractivity contribution in [3.8, 4) is 0 Å². The van der Waals surface area contributed by atoms with Crippen LogP contribution in [-0.4, -0.2) is 50.1 Å². The first-order chi connectivity index (χ1) is 8.17. The van der Waals surface area contributed by atoms with E-state index in [1.807, 2.05) is 7.05 Å². The molecule has 0 saturated carbocycles. The van der Waals surface area contributed by atoms with Gasteiger partial charge in [0.25, 0.3) is 0 Å². The standard InChI is InChI=1S/C13H27N3O/c1-4-5-7-15-13(17)10-16-8-6-12(14-3)11(2)9-16/h11-12,14H,4-10H2,1-3H3,(H,15,17). The lowest BCUT2D eigenvalue weighted by Crippen LogP contribution is -2.49. The summed E-state index contributed by atoms with van der Waals surface area (Å²) in [6, 6.07) is 0.606. The second-order valence-electron chi connectivity index (χ2n) is 5.10. The second kappa shape index (κ2) is 7.67. The molecule has 1 aliphatic heterocycles. The number of nitrogens with zero attached hydrogens (tertiary/aromatic N) is 1. The van der Waals surface area contributed by atoms with Crippen LogP contribution in [-0.2, 0) is 4.79 Å². The fourth-order valence-corrected chi connectivity index (χ4v) is 2.47. The van der Waals surface area contributed by atoms with Crippen molar-refractivity contribution >= 4 is 5.91 Å². The van der Waals surface area contributed by atoms with Crippen molar-refractivity contribution < 1.29 is 4.79 Å². The highest BCUT2D eigenvalue weighted by molar-refractivity contribution is 5.77. The van der Waals surface area contributed by atoms with Gasteiger partial charge >= 0.3 is 0 Å². The van der Waals surface area contributed by atoms with Crippen LogP contribution in [0.25, 0.3) is 0 Å². The van der Waals surface area contributed by atoms with E-state index in [2.05, 4.69) is 29.4 Å². The SMILES string of the molecule is CCCCNC(=O)CN1CCC(NC)C(C)C1. The average Bonchev–Trinajstić information content (AvgIpc) is 2.29. The van der Waals surface area contributed by atoms with Crippen LogP contribution in [0, 0.1) is 5.92 Å². The summed E-state index contributed by atoms with van der Waals surface area (Å²) in [5.74, 6) is 0.797. The third kappa shape index (κ3) is 5.04. The zero-order valence-corrected chi connectivity index (χ0v) is 11.5. The van der Waals surface area contributed by atoms with Crippen molar-refractivity contribution in [1.29, 1.82) is 0 Å². The first-order valence-corrected chi connectivity index (χ1v) is 6.83. The van der Waals surface area contributed by atoms with Gasteiger partial charge in [0, 0.05) is 25.7 Å². The lowest BCUT2D eigenvalue weighted by molar-refractivity contribution is -0.122. The molecule has 1 fully saturated rings. The number of nitrogens with one attached hydrogen (secondary N) is 2. The van der Waals surface area contributed by atoms with Gasteiger partial charge in [-0.15, -0.1) is 0 Å². The largest absolute Gasteiger partial charge is 0.355 e. The molecule has 17 heavy (non-hydrogen) atoms. The van der Waals surface area contributed by atoms with E-state index >= 15 is 0 Å². The zero-order chi connectivity index (χ0) is 12.7. The summed E-state index contributed by atoms with van der Waals surface area (Å²) in [7, 11) is 2.02. The molecule has 4 heteroatoms. The molecule has 1 aliphatic rings. The van der Waals surface area contributed by atoms with Crippen molar-refractivity contribution in [3.63, 3.8) is 0 Å². The van der Waals surface area contributed by atoms with Gasteiger partial charge in [0.05, 0.1) is 6.54 Å². The quantitative estimate of drug-likeness (QED) is 0.677. The van der Waals surface area contributed by atoms with E-state index in [1.165, 1.54) is 0 Å². The lowest BCUT2D eigenvalue weighted by atomic mass is 9.94. The molecule has 2 atom stereocenters. The average molecular weight is 241 g/mol. The molecule has 0 aliphatic carbocycles. The zero-order valence-electron chi connectivity index (χ0n) is 11.5. The van der Waals surface area contributed by atoms with Gasteiger partial charge in [-0.3, -0.25) is 9.69 Å². The van der Waals surface area contributed by atoms with Crippen LogP contribution in [0.5, 0.6) is 0 Å². The van der Waals surface area contributed by atoms with Crippen LogP contribution in [0.4, 0.5) is 0 Å². The Hall–Kier alpha value is -0.610. The molecule has 1 rings (SSSR count). The Kier molecular flexibility index (Phi) is 6.52. The number of carbonyl (C=O) groups excluding carboxylic acids is 1. The van der Waals surface area contributed by atoms with Crippen molar-refractivity contribution in [1.82, 2.24) is 15.5 Å². The summed E-state index contributed by atoms with van der Waals surface area (Å²) in [5.41, 5.74) is 0. The van der Waals surface area contributed by atoms with Gasteiger partial charge in [-0.05, 0) is 25.8 Å². The Balaban J connectivity index is 2.21. The van der Waals surface area contributed by atoms with Gasteiger partial charge in [0.1, 0.15) is 0 Å². The molecule has 2 N–H and O–H groups in total. The number of likely N-dealkylation sites (tertiary alicyclic amines) is 1. The van der Waals surface area contributed by atoms with E-state index in [1.54, 1.807) is 0 Å². The molecule has 0 aromatic carbocycles. The molecule has 4 nitrogen and oxygen atoms in total. The van der Waals surface area contributed by atoms with Gasteiger partial charge in [-0.1, -0.05) is 20.3 Å². The Morgan fingerprint density at radius 1 is 1.47 bits per heavy atom. The molecular formula is C13H27N3O. The first-order valence-electron chi connectivity index (χ1n) is 6.83. The molecule has 1 amide bonds. The maximum Gasteiger partial charge on any atom is 0.234 e. The lowest BCUT2D eigenvalue weighted by Gasteiger charge is -2.36. The summed E-state index contributed by atoms with van der Waals surface area (Å²) < 4.78 is 0. The summed E-state index contributed by atoms with van der Waals surface area (Å²) in [4.78, 5) is 13.9. The summed E-state index contributed by atoms with van der Waals surface area (Å²) in [5, 5.41) is 6.32. The highest BCUT2D eigenvalue weighted by Gasteiger charge is 2.25. The van der Waals surface area contributed by atoms with Crippen LogP contribution < -0.4 is 10.6 Å². The maximum absolute atomic E-state index is 11.7. The van der Waals surface area contributed by atoms with E-state index in [9.17, 15) is 4.79 Å². The van der Waals surface area contributed by atoms with E-state index in [0.717, 1.165) is 38.9 Å². The number of hydrogen-bond acceptors (Lipinski definition) is 3. The van der Waals surface area contributed by atoms with Gasteiger partial charge < -0.3 is 10.6 Å². The Morgan fingerprint density at radius 2 is 2.24 bits per heavy atom. The summed E-state index contributed by atoms with van der Waals surface area (Å²) in [6.07, 6.45) is 3.34. The molecule has 1 saturated heterocycles. The van der Waals surface area contributed by atoms with Gasteiger partial charge in [0.15, 0.2) is 0 Å². The van der Waals surface area contributed by atoms with Crippen LogP contribution >= 0.6 is 0 Å². The predicted molar refractivity (Wildman–Crippen MR) is 71.0 cm³/mol. The Labute approximate surface area is 105 Å². The minimum atomic E-state index is 0.175. The van der Waals surface area contributed by atoms with Crippen molar-refractivity contribution in [3.05, 3.63) is 0 Å². The molecule has 0 spiro atoms. The van der Waals surface area contributed by atoms with Gasteiger partial charge in [-0.2, -0.15) is 0 Å². The van der Waals surface area contributed by atoms with Gasteiger partial charge in [-0.25, -0.2) is 0 Å². The molecule has 0 aromatic heterocycles. The molecule has 0 aromatic rings. The predicted octanol–water partition coefficient (Wildman–Crippen LogP) is 0.833. The third-order valence-electron chi connectivity index (χ3n) is 3.58. The highest BCUT2D eigenvalue weighted by atomic mass is 16.2. The first kappa shape index (κ1) is 14.5. The molecular weight excluding hydrogens is 214 g/mol. The molecule has 2 unspecified atom stereocenters. The number of unbranched alkanes of at least 4 members (excludes halogenated alkanes) is 1. The van der Waals surface area contributed by atoms with Crippen LogP contribution in [0.1, 0.15) is 33.1 Å². The van der Waals surface area contributed by atoms with Crippen LogP contribution in [0.15, 0.2) is 0 Å². The van der Waals surface area contributed by atoms with Crippen LogP contribution in [0.2, 0.25) is 0 Å². The normalized spacial score (nSPS) is 25.8. The fourth-order valence-electron chi connectivity index (χ4n) is 2.47. The Bertz CT molecular complexity index is 233. The van der Waals surface area contributed by atoms with Crippen molar-refractivity contribution in [2.24, 2.45) is 5.92 Å². The number of amides is 1. The monoisotopic (exact) mass is 241 g/mol. The maximum atomic E-state index is 11.7. The fraction of sp³-hybridized carbons (Fsp3) is 0.923. The Morgan fingerprint density at radius 3 is 2.82 bits per heavy atom. The van der Waals surface area contributed by atoms with E-state index in [0.29, 0.717) is 18.5 Å². The van der Waals surface area contributed by atoms with E-state index < -0.39 is 0 Å². The molecule has 100 valence electrons. The van der Waals surface area contributed by atoms with Crippen molar-refractivity contribution in [2.75, 3.05) is 33.2 Å². The highest BCUT2D eigenvalue weighted by Crippen LogP contribution is 2.15. The molecule has 0 radical (unpaired) electrons. The summed E-state index contributed by atoms with van der Waals surface area (Å²) in [6.45, 7) is 7.81. The number of rotatable bonds is 6. The molecule has 1 heterocycles. The minimum Gasteiger partial charge on any atom is -0.355 e. The minimum absolute atomic E-state index is 0.175. The second-order valence-corrected chi connectivity index (χ2v) is 5.10. The van der Waals surface area contributed by atoms with Crippen LogP contribution in [0.3, 0.4) is 0 Å². The topological polar surface area (TPSA) is 44.4 Å². The number of carbonyl (C=O) groups is 1. The van der Waals surface area contributed by atoms with Gasteiger partial charge in [0.2, 0.25) is 5.91 Å². The van der Waals surface area contributed by atoms with Crippen molar-refractivity contribution in [2.45, 2.75) is 39.2 Å².